The molecule has 0 radical (unpaired) electrons. The normalized spacial score (nSPS) is 26.1. The molecule has 0 aromatic rings. The molecule has 0 aromatic heterocycles. The summed E-state index contributed by atoms with van der Waals surface area (Å²) in [7, 11) is 0. The number of hydrogen-bond donors (Lipinski definition) is 2. The van der Waals surface area contributed by atoms with Crippen molar-refractivity contribution in [1.29, 1.82) is 0 Å². The summed E-state index contributed by atoms with van der Waals surface area (Å²) in [4.78, 5) is 13.9. The second-order valence-electron chi connectivity index (χ2n) is 6.55. The number of hydrogen-bond acceptors (Lipinski definition) is 4. The van der Waals surface area contributed by atoms with Crippen LogP contribution < -0.4 is 11.1 Å². The number of likely N-dealkylation sites (tertiary alicyclic amines) is 1. The number of ether oxygens (including phenoxy) is 1. The molecule has 112 valence electrons. The van der Waals surface area contributed by atoms with Crippen molar-refractivity contribution in [1.82, 2.24) is 10.2 Å². The third-order valence-electron chi connectivity index (χ3n) is 3.38. The van der Waals surface area contributed by atoms with Crippen LogP contribution in [0.25, 0.3) is 0 Å². The van der Waals surface area contributed by atoms with Crippen LogP contribution in [-0.4, -0.2) is 47.8 Å². The summed E-state index contributed by atoms with van der Waals surface area (Å²) in [5.41, 5.74) is 5.19. The Balaban J connectivity index is 2.48. The summed E-state index contributed by atoms with van der Waals surface area (Å²) in [6.07, 6.45) is 1.70. The highest BCUT2D eigenvalue weighted by Crippen LogP contribution is 2.20. The van der Waals surface area contributed by atoms with Crippen LogP contribution in [-0.2, 0) is 4.74 Å². The molecule has 1 rings (SSSR count). The summed E-state index contributed by atoms with van der Waals surface area (Å²) < 4.78 is 5.43. The second kappa shape index (κ2) is 6.57. The van der Waals surface area contributed by atoms with Crippen LogP contribution >= 0.6 is 0 Å². The molecule has 0 aliphatic carbocycles. The molecule has 1 fully saturated rings. The molecule has 5 nitrogen and oxygen atoms in total. The van der Waals surface area contributed by atoms with Gasteiger partial charge in [-0.15, -0.1) is 0 Å². The van der Waals surface area contributed by atoms with Gasteiger partial charge in [0.2, 0.25) is 0 Å². The highest BCUT2D eigenvalue weighted by molar-refractivity contribution is 5.68. The van der Waals surface area contributed by atoms with Gasteiger partial charge in [0.05, 0.1) is 0 Å². The van der Waals surface area contributed by atoms with Crippen molar-refractivity contribution in [2.75, 3.05) is 13.1 Å². The molecule has 0 spiro atoms. The number of nitrogens with one attached hydrogen (secondary N) is 1. The van der Waals surface area contributed by atoms with Crippen molar-refractivity contribution in [3.8, 4) is 0 Å². The van der Waals surface area contributed by atoms with Crippen molar-refractivity contribution in [2.45, 2.75) is 71.2 Å². The summed E-state index contributed by atoms with van der Waals surface area (Å²) in [5, 5.41) is 3.50. The minimum absolute atomic E-state index is 0.200. The van der Waals surface area contributed by atoms with Gasteiger partial charge >= 0.3 is 6.09 Å². The van der Waals surface area contributed by atoms with Gasteiger partial charge in [0.25, 0.3) is 0 Å². The van der Waals surface area contributed by atoms with Crippen molar-refractivity contribution >= 4 is 6.09 Å². The van der Waals surface area contributed by atoms with E-state index < -0.39 is 5.60 Å². The second-order valence-corrected chi connectivity index (χ2v) is 6.55. The Morgan fingerprint density at radius 1 is 1.53 bits per heavy atom. The highest BCUT2D eigenvalue weighted by atomic mass is 16.6. The number of amides is 1. The molecule has 3 N–H and O–H groups in total. The molecule has 1 heterocycles. The smallest absolute Gasteiger partial charge is 0.410 e. The zero-order valence-corrected chi connectivity index (χ0v) is 12.9. The van der Waals surface area contributed by atoms with Crippen molar-refractivity contribution in [3.63, 3.8) is 0 Å². The molecule has 0 aromatic carbocycles. The lowest BCUT2D eigenvalue weighted by atomic mass is 9.98. The standard InChI is InChI=1S/C14H29N3O2/c1-10(9-15)16-12-6-7-17(11(2)8-12)13(18)19-14(3,4)5/h10-12,16H,6-9,15H2,1-5H3. The fourth-order valence-electron chi connectivity index (χ4n) is 2.39. The monoisotopic (exact) mass is 271 g/mol. The first-order valence-corrected chi connectivity index (χ1v) is 7.18. The third-order valence-corrected chi connectivity index (χ3v) is 3.38. The number of piperidine rings is 1. The van der Waals surface area contributed by atoms with Gasteiger partial charge < -0.3 is 20.7 Å². The predicted octanol–water partition coefficient (Wildman–Crippen LogP) is 1.71. The molecule has 1 aliphatic rings. The van der Waals surface area contributed by atoms with Gasteiger partial charge in [0.1, 0.15) is 5.60 Å². The van der Waals surface area contributed by atoms with E-state index in [2.05, 4.69) is 19.2 Å². The fraction of sp³-hybridized carbons (Fsp3) is 0.929. The molecule has 1 amide bonds. The van der Waals surface area contributed by atoms with Crippen molar-refractivity contribution < 1.29 is 9.53 Å². The van der Waals surface area contributed by atoms with E-state index in [1.807, 2.05) is 25.7 Å². The van der Waals surface area contributed by atoms with E-state index in [-0.39, 0.29) is 12.1 Å². The first-order chi connectivity index (χ1) is 8.73. The van der Waals surface area contributed by atoms with E-state index in [1.54, 1.807) is 0 Å². The summed E-state index contributed by atoms with van der Waals surface area (Å²) in [5.74, 6) is 0. The quantitative estimate of drug-likeness (QED) is 0.820. The Hall–Kier alpha value is -0.810. The molecule has 5 heteroatoms. The Morgan fingerprint density at radius 2 is 2.16 bits per heavy atom. The summed E-state index contributed by atoms with van der Waals surface area (Å²) in [6.45, 7) is 11.2. The molecular formula is C14H29N3O2. The van der Waals surface area contributed by atoms with Crippen LogP contribution in [0.2, 0.25) is 0 Å². The maximum absolute atomic E-state index is 12.1. The van der Waals surface area contributed by atoms with E-state index in [0.717, 1.165) is 19.4 Å². The molecule has 3 atom stereocenters. The van der Waals surface area contributed by atoms with Crippen LogP contribution in [0.5, 0.6) is 0 Å². The van der Waals surface area contributed by atoms with E-state index in [1.165, 1.54) is 0 Å². The maximum atomic E-state index is 12.1. The number of nitrogens with zero attached hydrogens (tertiary/aromatic N) is 1. The molecule has 1 saturated heterocycles. The van der Waals surface area contributed by atoms with E-state index in [4.69, 9.17) is 10.5 Å². The van der Waals surface area contributed by atoms with Gasteiger partial charge in [-0.05, 0) is 47.5 Å². The Morgan fingerprint density at radius 3 is 2.63 bits per heavy atom. The average molecular weight is 271 g/mol. The fourth-order valence-corrected chi connectivity index (χ4v) is 2.39. The first-order valence-electron chi connectivity index (χ1n) is 7.18. The number of nitrogens with two attached hydrogens (primary N) is 1. The zero-order chi connectivity index (χ0) is 14.6. The molecule has 0 bridgehead atoms. The number of carbonyl (C=O) groups is 1. The highest BCUT2D eigenvalue weighted by Gasteiger charge is 2.31. The van der Waals surface area contributed by atoms with E-state index >= 15 is 0 Å². The lowest BCUT2D eigenvalue weighted by Gasteiger charge is -2.39. The number of rotatable bonds is 3. The van der Waals surface area contributed by atoms with Gasteiger partial charge in [-0.2, -0.15) is 0 Å². The molecule has 0 saturated carbocycles. The van der Waals surface area contributed by atoms with Crippen LogP contribution in [0.4, 0.5) is 4.79 Å². The van der Waals surface area contributed by atoms with Gasteiger partial charge in [-0.3, -0.25) is 0 Å². The van der Waals surface area contributed by atoms with Crippen LogP contribution in [0.1, 0.15) is 47.5 Å². The van der Waals surface area contributed by atoms with Crippen LogP contribution in [0.15, 0.2) is 0 Å². The maximum Gasteiger partial charge on any atom is 0.410 e. The predicted molar refractivity (Wildman–Crippen MR) is 77.1 cm³/mol. The van der Waals surface area contributed by atoms with Gasteiger partial charge in [-0.25, -0.2) is 4.79 Å². The molecule has 1 aliphatic heterocycles. The van der Waals surface area contributed by atoms with E-state index in [9.17, 15) is 4.79 Å². The topological polar surface area (TPSA) is 67.6 Å². The summed E-state index contributed by atoms with van der Waals surface area (Å²) in [6, 6.07) is 0.962. The average Bonchev–Trinajstić information content (AvgIpc) is 2.26. The first kappa shape index (κ1) is 16.2. The van der Waals surface area contributed by atoms with Crippen molar-refractivity contribution in [2.24, 2.45) is 5.73 Å². The molecule has 3 unspecified atom stereocenters. The SMILES string of the molecule is CC(CN)NC1CCN(C(=O)OC(C)(C)C)C(C)C1. The lowest BCUT2D eigenvalue weighted by Crippen LogP contribution is -2.53. The molecule has 19 heavy (non-hydrogen) atoms. The van der Waals surface area contributed by atoms with E-state index in [0.29, 0.717) is 18.6 Å². The minimum atomic E-state index is -0.431. The largest absolute Gasteiger partial charge is 0.444 e. The lowest BCUT2D eigenvalue weighted by molar-refractivity contribution is 0.00910. The Bertz CT molecular complexity index is 302. The summed E-state index contributed by atoms with van der Waals surface area (Å²) >= 11 is 0. The number of carbonyl (C=O) groups excluding carboxylic acids is 1. The Labute approximate surface area is 116 Å². The van der Waals surface area contributed by atoms with Crippen molar-refractivity contribution in [3.05, 3.63) is 0 Å². The zero-order valence-electron chi connectivity index (χ0n) is 12.9. The Kier molecular flexibility index (Phi) is 5.62. The van der Waals surface area contributed by atoms with Gasteiger partial charge in [0.15, 0.2) is 0 Å². The van der Waals surface area contributed by atoms with Gasteiger partial charge in [-0.1, -0.05) is 0 Å². The van der Waals surface area contributed by atoms with Gasteiger partial charge in [0, 0.05) is 31.2 Å². The van der Waals surface area contributed by atoms with Crippen LogP contribution in [0, 0.1) is 0 Å². The minimum Gasteiger partial charge on any atom is -0.444 e. The molecular weight excluding hydrogens is 242 g/mol. The van der Waals surface area contributed by atoms with Crippen LogP contribution in [0.3, 0.4) is 0 Å². The third kappa shape index (κ3) is 5.37.